The molecule has 6 nitrogen and oxygen atoms in total. The second-order valence-electron chi connectivity index (χ2n) is 6.55. The molecule has 8 heteroatoms. The molecule has 148 valence electrons. The van der Waals surface area contributed by atoms with Crippen LogP contribution in [0, 0.1) is 0 Å². The fraction of sp³-hybridized carbons (Fsp3) is 0.526. The lowest BCUT2D eigenvalue weighted by molar-refractivity contribution is 0.392. The number of thioether (sulfide) groups is 1. The van der Waals surface area contributed by atoms with Crippen LogP contribution >= 0.6 is 35.7 Å². The van der Waals surface area contributed by atoms with Crippen LogP contribution in [-0.4, -0.2) is 45.6 Å². The third-order valence-electron chi connectivity index (χ3n) is 4.42. The summed E-state index contributed by atoms with van der Waals surface area (Å²) < 4.78 is 2.04. The Morgan fingerprint density at radius 1 is 1.37 bits per heavy atom. The predicted octanol–water partition coefficient (Wildman–Crippen LogP) is 3.12. The van der Waals surface area contributed by atoms with E-state index in [9.17, 15) is 0 Å². The van der Waals surface area contributed by atoms with E-state index in [1.807, 2.05) is 29.6 Å². The van der Waals surface area contributed by atoms with Gasteiger partial charge in [0.25, 0.3) is 0 Å². The Kier molecular flexibility index (Phi) is 8.88. The van der Waals surface area contributed by atoms with Gasteiger partial charge in [-0.05, 0) is 18.6 Å². The van der Waals surface area contributed by atoms with Gasteiger partial charge in [-0.2, -0.15) is 5.10 Å². The van der Waals surface area contributed by atoms with Gasteiger partial charge in [0.05, 0.1) is 6.54 Å². The first-order valence-corrected chi connectivity index (χ1v) is 10.2. The Bertz CT molecular complexity index is 733. The number of halogens is 1. The monoisotopic (exact) mass is 500 g/mol. The minimum atomic E-state index is 0. The molecule has 1 aliphatic heterocycles. The summed E-state index contributed by atoms with van der Waals surface area (Å²) in [6.45, 7) is 6.03. The molecule has 1 aromatic carbocycles. The van der Waals surface area contributed by atoms with Crippen molar-refractivity contribution in [3.05, 3.63) is 42.0 Å². The van der Waals surface area contributed by atoms with Crippen LogP contribution in [0.25, 0.3) is 0 Å². The van der Waals surface area contributed by atoms with E-state index in [0.717, 1.165) is 50.0 Å². The van der Waals surface area contributed by atoms with E-state index in [2.05, 4.69) is 63.8 Å². The van der Waals surface area contributed by atoms with Gasteiger partial charge in [-0.3, -0.25) is 4.99 Å². The molecule has 2 aromatic rings. The maximum absolute atomic E-state index is 4.58. The Morgan fingerprint density at radius 3 is 2.85 bits per heavy atom. The van der Waals surface area contributed by atoms with Gasteiger partial charge in [0, 0.05) is 42.6 Å². The molecule has 0 bridgehead atoms. The van der Waals surface area contributed by atoms with Crippen molar-refractivity contribution in [2.45, 2.75) is 55.8 Å². The van der Waals surface area contributed by atoms with Crippen molar-refractivity contribution in [1.29, 1.82) is 0 Å². The van der Waals surface area contributed by atoms with E-state index in [1.54, 1.807) is 0 Å². The summed E-state index contributed by atoms with van der Waals surface area (Å²) in [7, 11) is 1.82. The molecule has 0 fully saturated rings. The minimum Gasteiger partial charge on any atom is -0.355 e. The first-order chi connectivity index (χ1) is 12.7. The average Bonchev–Trinajstić information content (AvgIpc) is 3.08. The molecule has 0 aliphatic carbocycles. The van der Waals surface area contributed by atoms with Crippen molar-refractivity contribution < 1.29 is 0 Å². The van der Waals surface area contributed by atoms with Gasteiger partial charge in [-0.15, -0.1) is 35.7 Å². The van der Waals surface area contributed by atoms with E-state index in [4.69, 9.17) is 0 Å². The summed E-state index contributed by atoms with van der Waals surface area (Å²) in [6.07, 6.45) is 2.90. The second kappa shape index (κ2) is 10.9. The van der Waals surface area contributed by atoms with Crippen molar-refractivity contribution in [2.75, 3.05) is 13.6 Å². The minimum absolute atomic E-state index is 0. The SMILES string of the molecule is CCc1nc2n(n1)CC(NC(=NC)NCC(C)Sc1ccccc1)CC2.I. The number of fused-ring (bicyclic) bond motifs is 1. The highest BCUT2D eigenvalue weighted by molar-refractivity contribution is 14.0. The number of guanidine groups is 1. The van der Waals surface area contributed by atoms with Crippen LogP contribution in [-0.2, 0) is 19.4 Å². The first-order valence-electron chi connectivity index (χ1n) is 9.29. The largest absolute Gasteiger partial charge is 0.355 e. The molecule has 2 N–H and O–H groups in total. The zero-order chi connectivity index (χ0) is 18.4. The third kappa shape index (κ3) is 6.38. The molecule has 0 radical (unpaired) electrons. The number of nitrogens with zero attached hydrogens (tertiary/aromatic N) is 4. The molecule has 0 spiro atoms. The molecule has 2 unspecified atom stereocenters. The summed E-state index contributed by atoms with van der Waals surface area (Å²) in [5, 5.41) is 12.0. The van der Waals surface area contributed by atoms with Crippen LogP contribution in [0.5, 0.6) is 0 Å². The Hall–Kier alpha value is -1.29. The number of nitrogens with one attached hydrogen (secondary N) is 2. The van der Waals surface area contributed by atoms with Gasteiger partial charge in [-0.1, -0.05) is 32.0 Å². The number of benzene rings is 1. The third-order valence-corrected chi connectivity index (χ3v) is 5.53. The lowest BCUT2D eigenvalue weighted by Crippen LogP contribution is -2.48. The average molecular weight is 500 g/mol. The second-order valence-corrected chi connectivity index (χ2v) is 8.07. The maximum Gasteiger partial charge on any atom is 0.191 e. The van der Waals surface area contributed by atoms with E-state index in [0.29, 0.717) is 11.3 Å². The summed E-state index contributed by atoms with van der Waals surface area (Å²) in [4.78, 5) is 10.3. The Morgan fingerprint density at radius 2 is 2.15 bits per heavy atom. The van der Waals surface area contributed by atoms with Gasteiger partial charge in [0.2, 0.25) is 0 Å². The van der Waals surface area contributed by atoms with Gasteiger partial charge >= 0.3 is 0 Å². The molecule has 3 rings (SSSR count). The molecule has 2 atom stereocenters. The summed E-state index contributed by atoms with van der Waals surface area (Å²) in [5.74, 6) is 2.90. The molecule has 0 saturated carbocycles. The fourth-order valence-corrected chi connectivity index (χ4v) is 3.98. The number of hydrogen-bond acceptors (Lipinski definition) is 4. The number of aryl methyl sites for hydroxylation is 2. The number of hydrogen-bond donors (Lipinski definition) is 2. The van der Waals surface area contributed by atoms with Gasteiger partial charge in [-0.25, -0.2) is 9.67 Å². The van der Waals surface area contributed by atoms with E-state index in [1.165, 1.54) is 4.90 Å². The van der Waals surface area contributed by atoms with Crippen molar-refractivity contribution >= 4 is 41.7 Å². The first kappa shape index (κ1) is 22.0. The predicted molar refractivity (Wildman–Crippen MR) is 123 cm³/mol. The lowest BCUT2D eigenvalue weighted by Gasteiger charge is -2.26. The van der Waals surface area contributed by atoms with Crippen LogP contribution in [0.15, 0.2) is 40.2 Å². The highest BCUT2D eigenvalue weighted by Crippen LogP contribution is 2.22. The number of aromatic nitrogens is 3. The van der Waals surface area contributed by atoms with Gasteiger partial charge in [0.15, 0.2) is 11.8 Å². The molecule has 0 amide bonds. The Balaban J connectivity index is 0.00000261. The molecular formula is C19H29IN6S. The summed E-state index contributed by atoms with van der Waals surface area (Å²) in [5.41, 5.74) is 0. The van der Waals surface area contributed by atoms with Crippen LogP contribution < -0.4 is 10.6 Å². The highest BCUT2D eigenvalue weighted by Gasteiger charge is 2.22. The Labute approximate surface area is 183 Å². The molecule has 1 aromatic heterocycles. The normalized spacial score (nSPS) is 17.6. The van der Waals surface area contributed by atoms with Crippen molar-refractivity contribution in [3.8, 4) is 0 Å². The van der Waals surface area contributed by atoms with E-state index in [-0.39, 0.29) is 24.0 Å². The zero-order valence-electron chi connectivity index (χ0n) is 16.2. The van der Waals surface area contributed by atoms with E-state index < -0.39 is 0 Å². The number of rotatable bonds is 6. The molecule has 0 saturated heterocycles. The summed E-state index contributed by atoms with van der Waals surface area (Å²) in [6, 6.07) is 10.8. The lowest BCUT2D eigenvalue weighted by atomic mass is 10.1. The smallest absolute Gasteiger partial charge is 0.191 e. The standard InChI is InChI=1S/C19H28N6S.HI/c1-4-17-23-18-11-10-15(13-25(18)24-17)22-19(20-3)21-12-14(2)26-16-8-6-5-7-9-16;/h5-9,14-15H,4,10-13H2,1-3H3,(H2,20,21,22);1H. The van der Waals surface area contributed by atoms with Gasteiger partial charge in [0.1, 0.15) is 5.82 Å². The molecular weight excluding hydrogens is 471 g/mol. The maximum atomic E-state index is 4.58. The summed E-state index contributed by atoms with van der Waals surface area (Å²) >= 11 is 1.87. The van der Waals surface area contributed by atoms with Gasteiger partial charge < -0.3 is 10.6 Å². The topological polar surface area (TPSA) is 67.1 Å². The van der Waals surface area contributed by atoms with Crippen LogP contribution in [0.4, 0.5) is 0 Å². The fourth-order valence-electron chi connectivity index (χ4n) is 3.03. The van der Waals surface area contributed by atoms with Crippen molar-refractivity contribution in [1.82, 2.24) is 25.4 Å². The van der Waals surface area contributed by atoms with Crippen LogP contribution in [0.3, 0.4) is 0 Å². The van der Waals surface area contributed by atoms with Crippen LogP contribution in [0.2, 0.25) is 0 Å². The highest BCUT2D eigenvalue weighted by atomic mass is 127. The van der Waals surface area contributed by atoms with Crippen LogP contribution in [0.1, 0.15) is 31.9 Å². The van der Waals surface area contributed by atoms with Crippen molar-refractivity contribution in [3.63, 3.8) is 0 Å². The van der Waals surface area contributed by atoms with Crippen molar-refractivity contribution in [2.24, 2.45) is 4.99 Å². The zero-order valence-corrected chi connectivity index (χ0v) is 19.3. The quantitative estimate of drug-likeness (QED) is 0.276. The number of aliphatic imine (C=N–C) groups is 1. The molecule has 1 aliphatic rings. The molecule has 2 heterocycles. The van der Waals surface area contributed by atoms with E-state index >= 15 is 0 Å². The molecule has 27 heavy (non-hydrogen) atoms.